The highest BCUT2D eigenvalue weighted by atomic mass is 16.5. The molecule has 2 nitrogen and oxygen atoms in total. The summed E-state index contributed by atoms with van der Waals surface area (Å²) in [5.74, 6) is 1.75. The summed E-state index contributed by atoms with van der Waals surface area (Å²) in [5, 5.41) is 0. The Labute approximate surface area is 124 Å². The van der Waals surface area contributed by atoms with Gasteiger partial charge in [0, 0.05) is 0 Å². The Bertz CT molecular complexity index is 672. The van der Waals surface area contributed by atoms with Crippen molar-refractivity contribution in [3.63, 3.8) is 0 Å². The van der Waals surface area contributed by atoms with Gasteiger partial charge in [-0.25, -0.2) is 0 Å². The van der Waals surface area contributed by atoms with E-state index in [4.69, 9.17) is 11.2 Å². The molecule has 2 aromatic rings. The van der Waals surface area contributed by atoms with Gasteiger partial charge in [0.15, 0.2) is 6.61 Å². The first-order valence-corrected chi connectivity index (χ1v) is 6.78. The van der Waals surface area contributed by atoms with E-state index < -0.39 is 0 Å². The van der Waals surface area contributed by atoms with Gasteiger partial charge in [0.2, 0.25) is 0 Å². The number of terminal acetylenes is 1. The molecule has 2 heteroatoms. The molecule has 0 radical (unpaired) electrons. The lowest BCUT2D eigenvalue weighted by Crippen LogP contribution is -2.09. The maximum absolute atomic E-state index is 12.2. The van der Waals surface area contributed by atoms with Crippen molar-refractivity contribution >= 4 is 17.1 Å². The van der Waals surface area contributed by atoms with Gasteiger partial charge < -0.3 is 4.74 Å². The van der Waals surface area contributed by atoms with Crippen LogP contribution in [0.1, 0.15) is 11.1 Å². The zero-order valence-corrected chi connectivity index (χ0v) is 11.5. The van der Waals surface area contributed by atoms with E-state index in [9.17, 15) is 4.79 Å². The molecule has 0 amide bonds. The van der Waals surface area contributed by atoms with Crippen LogP contribution in [0.2, 0.25) is 0 Å². The SMILES string of the molecule is C#CCOC(=O)C1C(c2ccccc2)=C1c1ccccc1. The fourth-order valence-corrected chi connectivity index (χ4v) is 2.53. The lowest BCUT2D eigenvalue weighted by atomic mass is 10.1. The molecule has 0 aromatic heterocycles. The molecule has 21 heavy (non-hydrogen) atoms. The molecule has 0 bridgehead atoms. The highest BCUT2D eigenvalue weighted by Gasteiger charge is 2.44. The van der Waals surface area contributed by atoms with Crippen LogP contribution < -0.4 is 0 Å². The minimum atomic E-state index is -0.303. The van der Waals surface area contributed by atoms with Crippen molar-refractivity contribution in [2.24, 2.45) is 5.92 Å². The molecule has 0 atom stereocenters. The Morgan fingerprint density at radius 1 is 0.952 bits per heavy atom. The fraction of sp³-hybridized carbons (Fsp3) is 0.105. The molecule has 0 fully saturated rings. The largest absolute Gasteiger partial charge is 0.452 e. The summed E-state index contributed by atoms with van der Waals surface area (Å²) in [6.07, 6.45) is 5.15. The lowest BCUT2D eigenvalue weighted by Gasteiger charge is -2.02. The molecule has 3 rings (SSSR count). The Hall–Kier alpha value is -2.79. The minimum absolute atomic E-state index is 0.0134. The molecular weight excluding hydrogens is 260 g/mol. The highest BCUT2D eigenvalue weighted by molar-refractivity contribution is 6.22. The van der Waals surface area contributed by atoms with E-state index in [0.29, 0.717) is 0 Å². The van der Waals surface area contributed by atoms with Crippen molar-refractivity contribution in [1.29, 1.82) is 0 Å². The molecule has 0 N–H and O–H groups in total. The zero-order chi connectivity index (χ0) is 14.7. The predicted molar refractivity (Wildman–Crippen MR) is 83.0 cm³/mol. The molecule has 0 spiro atoms. The van der Waals surface area contributed by atoms with Crippen LogP contribution in [0.25, 0.3) is 11.1 Å². The van der Waals surface area contributed by atoms with E-state index in [-0.39, 0.29) is 18.5 Å². The minimum Gasteiger partial charge on any atom is -0.452 e. The van der Waals surface area contributed by atoms with Gasteiger partial charge in [-0.1, -0.05) is 66.6 Å². The van der Waals surface area contributed by atoms with Gasteiger partial charge in [0.05, 0.1) is 0 Å². The topological polar surface area (TPSA) is 26.3 Å². The molecule has 1 aliphatic carbocycles. The third-order valence-electron chi connectivity index (χ3n) is 3.49. The van der Waals surface area contributed by atoms with Crippen molar-refractivity contribution < 1.29 is 9.53 Å². The first-order valence-electron chi connectivity index (χ1n) is 6.78. The standard InChI is InChI=1S/C19H14O2/c1-2-13-21-19(20)18-16(14-9-5-3-6-10-14)17(18)15-11-7-4-8-12-15/h1,3-12,18H,13H2. The van der Waals surface area contributed by atoms with Gasteiger partial charge in [-0.05, 0) is 22.3 Å². The van der Waals surface area contributed by atoms with Crippen LogP contribution in [0.4, 0.5) is 0 Å². The number of esters is 1. The molecule has 0 unspecified atom stereocenters. The van der Waals surface area contributed by atoms with Gasteiger partial charge in [-0.2, -0.15) is 0 Å². The van der Waals surface area contributed by atoms with Crippen molar-refractivity contribution in [1.82, 2.24) is 0 Å². The van der Waals surface area contributed by atoms with Crippen LogP contribution in [0.15, 0.2) is 60.7 Å². The molecule has 0 heterocycles. The second-order valence-electron chi connectivity index (χ2n) is 4.80. The number of hydrogen-bond donors (Lipinski definition) is 0. The third kappa shape index (κ3) is 2.59. The molecule has 0 saturated carbocycles. The molecule has 1 aliphatic rings. The number of ether oxygens (including phenoxy) is 1. The Kier molecular flexibility index (Phi) is 3.57. The van der Waals surface area contributed by atoms with E-state index in [1.807, 2.05) is 60.7 Å². The molecule has 2 aromatic carbocycles. The first kappa shape index (κ1) is 13.2. The van der Waals surface area contributed by atoms with Gasteiger partial charge in [-0.15, -0.1) is 6.42 Å². The monoisotopic (exact) mass is 274 g/mol. The lowest BCUT2D eigenvalue weighted by molar-refractivity contribution is -0.142. The van der Waals surface area contributed by atoms with E-state index in [1.54, 1.807) is 0 Å². The summed E-state index contributed by atoms with van der Waals surface area (Å²) in [4.78, 5) is 12.2. The normalized spacial score (nSPS) is 13.7. The fourth-order valence-electron chi connectivity index (χ4n) is 2.53. The van der Waals surface area contributed by atoms with Crippen LogP contribution in [-0.4, -0.2) is 12.6 Å². The second-order valence-corrected chi connectivity index (χ2v) is 4.80. The third-order valence-corrected chi connectivity index (χ3v) is 3.49. The molecule has 0 saturated heterocycles. The smallest absolute Gasteiger partial charge is 0.318 e. The average Bonchev–Trinajstić information content (AvgIpc) is 3.30. The summed E-state index contributed by atoms with van der Waals surface area (Å²) >= 11 is 0. The predicted octanol–water partition coefficient (Wildman–Crippen LogP) is 3.40. The second kappa shape index (κ2) is 5.68. The van der Waals surface area contributed by atoms with Gasteiger partial charge in [0.1, 0.15) is 5.92 Å². The van der Waals surface area contributed by atoms with Crippen LogP contribution in [0.3, 0.4) is 0 Å². The van der Waals surface area contributed by atoms with Crippen molar-refractivity contribution in [2.45, 2.75) is 0 Å². The highest BCUT2D eigenvalue weighted by Crippen LogP contribution is 2.53. The number of benzene rings is 2. The summed E-state index contributed by atoms with van der Waals surface area (Å²) in [6.45, 7) is 0.0134. The molecule has 0 aliphatic heterocycles. The Morgan fingerprint density at radius 3 is 1.86 bits per heavy atom. The summed E-state index contributed by atoms with van der Waals surface area (Å²) in [6, 6.07) is 19.8. The van der Waals surface area contributed by atoms with Crippen LogP contribution in [0.5, 0.6) is 0 Å². The average molecular weight is 274 g/mol. The van der Waals surface area contributed by atoms with Crippen LogP contribution in [-0.2, 0) is 9.53 Å². The summed E-state index contributed by atoms with van der Waals surface area (Å²) < 4.78 is 5.10. The van der Waals surface area contributed by atoms with Gasteiger partial charge in [-0.3, -0.25) is 4.79 Å². The zero-order valence-electron chi connectivity index (χ0n) is 11.5. The maximum Gasteiger partial charge on any atom is 0.318 e. The number of carbonyl (C=O) groups is 1. The Morgan fingerprint density at radius 2 is 1.43 bits per heavy atom. The number of carbonyl (C=O) groups excluding carboxylic acids is 1. The maximum atomic E-state index is 12.2. The van der Waals surface area contributed by atoms with Crippen molar-refractivity contribution in [2.75, 3.05) is 6.61 Å². The Balaban J connectivity index is 1.93. The number of hydrogen-bond acceptors (Lipinski definition) is 2. The van der Waals surface area contributed by atoms with E-state index in [1.165, 1.54) is 0 Å². The van der Waals surface area contributed by atoms with Crippen molar-refractivity contribution in [3.8, 4) is 12.3 Å². The molecule has 102 valence electrons. The van der Waals surface area contributed by atoms with Crippen LogP contribution in [0, 0.1) is 18.3 Å². The van der Waals surface area contributed by atoms with Gasteiger partial charge in [0.25, 0.3) is 0 Å². The van der Waals surface area contributed by atoms with E-state index in [0.717, 1.165) is 22.3 Å². The quantitative estimate of drug-likeness (QED) is 0.631. The first-order chi connectivity index (χ1) is 10.3. The van der Waals surface area contributed by atoms with E-state index >= 15 is 0 Å². The van der Waals surface area contributed by atoms with Crippen LogP contribution >= 0.6 is 0 Å². The van der Waals surface area contributed by atoms with Crippen molar-refractivity contribution in [3.05, 3.63) is 71.8 Å². The molecular formula is C19H14O2. The summed E-state index contributed by atoms with van der Waals surface area (Å²) in [5.41, 5.74) is 4.17. The van der Waals surface area contributed by atoms with Gasteiger partial charge >= 0.3 is 5.97 Å². The van der Waals surface area contributed by atoms with E-state index in [2.05, 4.69) is 5.92 Å². The number of rotatable bonds is 4. The summed E-state index contributed by atoms with van der Waals surface area (Å²) in [7, 11) is 0.